The summed E-state index contributed by atoms with van der Waals surface area (Å²) < 4.78 is 6.56. The summed E-state index contributed by atoms with van der Waals surface area (Å²) in [6.07, 6.45) is 5.17. The largest absolute Gasteiger partial charge is 0.823 e. The van der Waals surface area contributed by atoms with Gasteiger partial charge in [0.25, 0.3) is 5.01 Å². The lowest BCUT2D eigenvalue weighted by molar-refractivity contribution is -0.702. The standard InChI is InChI=1S/C14H11NO3S/c1-3-8-18-11-7-5-4-6-10(11)14-15(2)12(16)9-13(17)19-14/h1,4-7,9H,8H2,2H3. The van der Waals surface area contributed by atoms with Gasteiger partial charge in [0, 0.05) is 0 Å². The highest BCUT2D eigenvalue weighted by Gasteiger charge is 2.17. The molecule has 0 spiro atoms. The van der Waals surface area contributed by atoms with Gasteiger partial charge in [0.1, 0.15) is 19.4 Å². The molecule has 0 saturated carbocycles. The lowest BCUT2D eigenvalue weighted by Gasteiger charge is -2.09. The molecular weight excluding hydrogens is 262 g/mol. The number of ether oxygens (including phenoxy) is 1. The second-order valence-electron chi connectivity index (χ2n) is 3.76. The van der Waals surface area contributed by atoms with E-state index >= 15 is 0 Å². The Morgan fingerprint density at radius 3 is 2.95 bits per heavy atom. The van der Waals surface area contributed by atoms with E-state index in [1.165, 1.54) is 4.57 Å². The number of hydrogen-bond acceptors (Lipinski definition) is 4. The van der Waals surface area contributed by atoms with Crippen LogP contribution in [-0.4, -0.2) is 6.61 Å². The summed E-state index contributed by atoms with van der Waals surface area (Å²) in [5, 5.41) is 12.2. The maximum atomic E-state index is 11.7. The zero-order chi connectivity index (χ0) is 13.8. The molecule has 1 aromatic heterocycles. The first-order valence-electron chi connectivity index (χ1n) is 5.50. The van der Waals surface area contributed by atoms with Crippen LogP contribution in [0.5, 0.6) is 11.6 Å². The molecule has 0 aliphatic heterocycles. The van der Waals surface area contributed by atoms with Crippen molar-refractivity contribution in [1.82, 2.24) is 0 Å². The van der Waals surface area contributed by atoms with E-state index in [1.54, 1.807) is 25.2 Å². The Kier molecular flexibility index (Phi) is 3.83. The van der Waals surface area contributed by atoms with E-state index in [1.807, 2.05) is 6.07 Å². The van der Waals surface area contributed by atoms with E-state index in [0.717, 1.165) is 17.4 Å². The Bertz CT molecular complexity index is 701. The number of terminal acetylenes is 1. The molecule has 0 unspecified atom stereocenters. The summed E-state index contributed by atoms with van der Waals surface area (Å²) in [5.74, 6) is 2.59. The number of benzene rings is 1. The van der Waals surface area contributed by atoms with Crippen molar-refractivity contribution in [2.24, 2.45) is 7.05 Å². The zero-order valence-electron chi connectivity index (χ0n) is 10.3. The quantitative estimate of drug-likeness (QED) is 0.610. The lowest BCUT2D eigenvalue weighted by Crippen LogP contribution is -2.36. The molecule has 1 aromatic carbocycles. The summed E-state index contributed by atoms with van der Waals surface area (Å²) in [6.45, 7) is 0.132. The second kappa shape index (κ2) is 5.55. The summed E-state index contributed by atoms with van der Waals surface area (Å²) in [4.78, 5) is 11.5. The SMILES string of the molecule is C#CCOc1ccccc1-c1sc(=O)cc([O-])[n+]1C. The molecule has 0 fully saturated rings. The first-order valence-corrected chi connectivity index (χ1v) is 6.32. The number of para-hydroxylation sites is 1. The normalized spacial score (nSPS) is 9.89. The van der Waals surface area contributed by atoms with Crippen LogP contribution in [0.4, 0.5) is 0 Å². The average Bonchev–Trinajstić information content (AvgIpc) is 2.41. The van der Waals surface area contributed by atoms with E-state index in [-0.39, 0.29) is 17.2 Å². The van der Waals surface area contributed by atoms with Crippen LogP contribution in [-0.2, 0) is 7.05 Å². The van der Waals surface area contributed by atoms with Gasteiger partial charge in [-0.1, -0.05) is 18.1 Å². The molecule has 19 heavy (non-hydrogen) atoms. The fraction of sp³-hybridized carbons (Fsp3) is 0.143. The van der Waals surface area contributed by atoms with Crippen LogP contribution >= 0.6 is 11.3 Å². The van der Waals surface area contributed by atoms with E-state index in [9.17, 15) is 9.90 Å². The molecular formula is C14H11NO3S. The third-order valence-corrected chi connectivity index (χ3v) is 3.51. The van der Waals surface area contributed by atoms with Crippen LogP contribution in [0.25, 0.3) is 10.6 Å². The van der Waals surface area contributed by atoms with E-state index in [4.69, 9.17) is 11.2 Å². The molecule has 0 aliphatic rings. The Labute approximate surface area is 114 Å². The zero-order valence-corrected chi connectivity index (χ0v) is 11.1. The molecule has 2 aromatic rings. The minimum atomic E-state index is -0.342. The summed E-state index contributed by atoms with van der Waals surface area (Å²) in [5.41, 5.74) is 0.681. The maximum absolute atomic E-state index is 11.7. The Morgan fingerprint density at radius 2 is 2.21 bits per heavy atom. The first-order chi connectivity index (χ1) is 9.13. The highest BCUT2D eigenvalue weighted by Crippen LogP contribution is 2.29. The van der Waals surface area contributed by atoms with E-state index in [2.05, 4.69) is 5.92 Å². The van der Waals surface area contributed by atoms with Crippen molar-refractivity contribution in [3.8, 4) is 34.5 Å². The predicted molar refractivity (Wildman–Crippen MR) is 71.0 cm³/mol. The van der Waals surface area contributed by atoms with Gasteiger partial charge >= 0.3 is 0 Å². The number of aromatic nitrogens is 1. The third kappa shape index (κ3) is 2.75. The van der Waals surface area contributed by atoms with Gasteiger partial charge in [0.2, 0.25) is 4.74 Å². The van der Waals surface area contributed by atoms with Gasteiger partial charge in [-0.25, -0.2) is 0 Å². The smallest absolute Gasteiger partial charge is 0.275 e. The van der Waals surface area contributed by atoms with Gasteiger partial charge in [-0.2, -0.15) is 4.57 Å². The molecule has 96 valence electrons. The second-order valence-corrected chi connectivity index (χ2v) is 4.75. The number of rotatable bonds is 3. The maximum Gasteiger partial charge on any atom is 0.275 e. The monoisotopic (exact) mass is 273 g/mol. The minimum Gasteiger partial charge on any atom is -0.823 e. The molecule has 0 saturated heterocycles. The lowest BCUT2D eigenvalue weighted by atomic mass is 10.2. The van der Waals surface area contributed by atoms with Crippen LogP contribution in [0.1, 0.15) is 0 Å². The molecule has 0 amide bonds. The van der Waals surface area contributed by atoms with Crippen LogP contribution in [0.2, 0.25) is 0 Å². The van der Waals surface area contributed by atoms with Crippen LogP contribution in [0.15, 0.2) is 35.1 Å². The molecule has 4 nitrogen and oxygen atoms in total. The van der Waals surface area contributed by atoms with Gasteiger partial charge in [-0.05, 0) is 23.5 Å². The topological polar surface area (TPSA) is 53.2 Å². The number of nitrogens with zero attached hydrogens (tertiary/aromatic N) is 1. The molecule has 0 bridgehead atoms. The third-order valence-electron chi connectivity index (χ3n) is 2.50. The van der Waals surface area contributed by atoms with Crippen molar-refractivity contribution < 1.29 is 14.4 Å². The van der Waals surface area contributed by atoms with Gasteiger partial charge < -0.3 is 9.84 Å². The van der Waals surface area contributed by atoms with Crippen LogP contribution in [0, 0.1) is 12.3 Å². The Morgan fingerprint density at radius 1 is 1.47 bits per heavy atom. The van der Waals surface area contributed by atoms with Crippen molar-refractivity contribution >= 4 is 11.3 Å². The molecule has 0 radical (unpaired) electrons. The van der Waals surface area contributed by atoms with E-state index in [0.29, 0.717) is 16.3 Å². The number of hydrogen-bond donors (Lipinski definition) is 0. The Hall–Kier alpha value is -2.32. The summed E-state index contributed by atoms with van der Waals surface area (Å²) in [6, 6.07) is 8.23. The van der Waals surface area contributed by atoms with Gasteiger partial charge in [0.15, 0.2) is 5.88 Å². The average molecular weight is 273 g/mol. The fourth-order valence-corrected chi connectivity index (χ4v) is 2.47. The first kappa shape index (κ1) is 13.1. The van der Waals surface area contributed by atoms with Crippen molar-refractivity contribution in [3.63, 3.8) is 0 Å². The van der Waals surface area contributed by atoms with E-state index < -0.39 is 0 Å². The van der Waals surface area contributed by atoms with Crippen molar-refractivity contribution in [3.05, 3.63) is 39.9 Å². The molecule has 5 heteroatoms. The van der Waals surface area contributed by atoms with Gasteiger partial charge in [0.05, 0.1) is 11.6 Å². The highest BCUT2D eigenvalue weighted by atomic mass is 32.1. The predicted octanol–water partition coefficient (Wildman–Crippen LogP) is 0.685. The van der Waals surface area contributed by atoms with Crippen LogP contribution < -0.4 is 19.2 Å². The minimum absolute atomic E-state index is 0.132. The molecule has 1 heterocycles. The highest BCUT2D eigenvalue weighted by molar-refractivity contribution is 7.12. The molecule has 0 aliphatic carbocycles. The molecule has 0 atom stereocenters. The summed E-state index contributed by atoms with van der Waals surface area (Å²) in [7, 11) is 1.62. The molecule has 2 rings (SSSR count). The van der Waals surface area contributed by atoms with Gasteiger partial charge in [-0.3, -0.25) is 4.79 Å². The van der Waals surface area contributed by atoms with Crippen molar-refractivity contribution in [2.45, 2.75) is 0 Å². The van der Waals surface area contributed by atoms with Crippen molar-refractivity contribution in [2.75, 3.05) is 6.61 Å². The summed E-state index contributed by atoms with van der Waals surface area (Å²) >= 11 is 0.995. The van der Waals surface area contributed by atoms with Crippen LogP contribution in [0.3, 0.4) is 0 Å². The van der Waals surface area contributed by atoms with Crippen molar-refractivity contribution in [1.29, 1.82) is 0 Å². The molecule has 0 N–H and O–H groups in total. The van der Waals surface area contributed by atoms with Gasteiger partial charge in [-0.15, -0.1) is 6.42 Å². The fourth-order valence-electron chi connectivity index (χ4n) is 1.62. The Balaban J connectivity index is 2.59.